The molecular weight excluding hydrogens is 330 g/mol. The van der Waals surface area contributed by atoms with Crippen LogP contribution in [0.15, 0.2) is 41.3 Å². The van der Waals surface area contributed by atoms with Crippen LogP contribution in [0.5, 0.6) is 0 Å². The molecule has 0 saturated carbocycles. The summed E-state index contributed by atoms with van der Waals surface area (Å²) in [5, 5.41) is 8.75. The first-order valence-electron chi connectivity index (χ1n) is 6.82. The maximum absolute atomic E-state index is 4.50. The van der Waals surface area contributed by atoms with Crippen molar-refractivity contribution in [2.75, 3.05) is 5.32 Å². The second-order valence-corrected chi connectivity index (χ2v) is 5.94. The van der Waals surface area contributed by atoms with E-state index < -0.39 is 0 Å². The molecular formula is C15H16BrN5. The highest BCUT2D eigenvalue weighted by Crippen LogP contribution is 2.19. The second kappa shape index (κ2) is 5.81. The summed E-state index contributed by atoms with van der Waals surface area (Å²) in [4.78, 5) is 8.90. The first-order valence-corrected chi connectivity index (χ1v) is 7.61. The molecule has 0 amide bonds. The summed E-state index contributed by atoms with van der Waals surface area (Å²) in [5.41, 5.74) is 2.85. The molecule has 5 nitrogen and oxygen atoms in total. The minimum absolute atomic E-state index is 0.305. The molecule has 0 atom stereocenters. The van der Waals surface area contributed by atoms with Gasteiger partial charge in [-0.2, -0.15) is 5.10 Å². The van der Waals surface area contributed by atoms with Crippen LogP contribution in [0.3, 0.4) is 0 Å². The molecule has 0 spiro atoms. The van der Waals surface area contributed by atoms with E-state index in [0.717, 1.165) is 27.0 Å². The lowest BCUT2D eigenvalue weighted by Crippen LogP contribution is -2.04. The Morgan fingerprint density at radius 1 is 1.29 bits per heavy atom. The monoisotopic (exact) mass is 345 g/mol. The molecule has 0 unspecified atom stereocenters. The van der Waals surface area contributed by atoms with Gasteiger partial charge < -0.3 is 5.32 Å². The molecule has 0 radical (unpaired) electrons. The van der Waals surface area contributed by atoms with E-state index in [4.69, 9.17) is 0 Å². The molecule has 1 N–H and O–H groups in total. The first kappa shape index (κ1) is 14.0. The fourth-order valence-corrected chi connectivity index (χ4v) is 2.54. The zero-order valence-corrected chi connectivity index (χ0v) is 13.5. The van der Waals surface area contributed by atoms with Crippen molar-refractivity contribution >= 4 is 32.7 Å². The number of hydrogen-bond acceptors (Lipinski definition) is 4. The molecule has 0 aliphatic carbocycles. The third-order valence-corrected chi connectivity index (χ3v) is 3.61. The van der Waals surface area contributed by atoms with Crippen molar-refractivity contribution < 1.29 is 0 Å². The number of nitrogens with one attached hydrogen (secondary N) is 1. The third-order valence-electron chi connectivity index (χ3n) is 3.17. The topological polar surface area (TPSA) is 55.6 Å². The zero-order valence-electron chi connectivity index (χ0n) is 11.9. The van der Waals surface area contributed by atoms with Gasteiger partial charge >= 0.3 is 0 Å². The Morgan fingerprint density at radius 2 is 2.14 bits per heavy atom. The van der Waals surface area contributed by atoms with E-state index in [0.29, 0.717) is 12.6 Å². The third kappa shape index (κ3) is 3.05. The van der Waals surface area contributed by atoms with E-state index in [9.17, 15) is 0 Å². The van der Waals surface area contributed by atoms with Gasteiger partial charge in [0.25, 0.3) is 0 Å². The van der Waals surface area contributed by atoms with Gasteiger partial charge in [-0.05, 0) is 48.0 Å². The number of nitrogens with zero attached hydrogens (tertiary/aromatic N) is 4. The smallest absolute Gasteiger partial charge is 0.158 e. The fraction of sp³-hybridized carbons (Fsp3) is 0.267. The molecule has 0 fully saturated rings. The number of halogens is 1. The van der Waals surface area contributed by atoms with Gasteiger partial charge in [0, 0.05) is 11.4 Å². The summed E-state index contributed by atoms with van der Waals surface area (Å²) in [6.07, 6.45) is 3.69. The second-order valence-electron chi connectivity index (χ2n) is 5.12. The lowest BCUT2D eigenvalue weighted by atomic mass is 10.3. The molecule has 3 heterocycles. The Kier molecular flexibility index (Phi) is 3.88. The minimum Gasteiger partial charge on any atom is -0.378 e. The lowest BCUT2D eigenvalue weighted by Gasteiger charge is -2.08. The largest absolute Gasteiger partial charge is 0.378 e. The van der Waals surface area contributed by atoms with Gasteiger partial charge in [-0.3, -0.25) is 0 Å². The summed E-state index contributed by atoms with van der Waals surface area (Å²) in [6.45, 7) is 4.85. The Labute approximate surface area is 131 Å². The average molecular weight is 346 g/mol. The van der Waals surface area contributed by atoms with Crippen LogP contribution in [-0.2, 0) is 6.54 Å². The van der Waals surface area contributed by atoms with Gasteiger partial charge in [0.05, 0.1) is 30.3 Å². The number of rotatable bonds is 4. The number of pyridine rings is 2. The maximum Gasteiger partial charge on any atom is 0.158 e. The van der Waals surface area contributed by atoms with Crippen molar-refractivity contribution in [3.05, 3.63) is 47.0 Å². The molecule has 6 heteroatoms. The molecule has 3 rings (SSSR count). The molecule has 0 aromatic carbocycles. The van der Waals surface area contributed by atoms with Crippen molar-refractivity contribution in [3.63, 3.8) is 0 Å². The average Bonchev–Trinajstić information content (AvgIpc) is 2.88. The van der Waals surface area contributed by atoms with Crippen LogP contribution in [0.4, 0.5) is 5.69 Å². The molecule has 0 aliphatic heterocycles. The summed E-state index contributed by atoms with van der Waals surface area (Å²) in [7, 11) is 0. The van der Waals surface area contributed by atoms with E-state index in [2.05, 4.69) is 56.2 Å². The van der Waals surface area contributed by atoms with Crippen molar-refractivity contribution in [1.82, 2.24) is 19.7 Å². The number of anilines is 1. The molecule has 0 bridgehead atoms. The molecule has 3 aromatic rings. The minimum atomic E-state index is 0.305. The molecule has 21 heavy (non-hydrogen) atoms. The van der Waals surface area contributed by atoms with E-state index >= 15 is 0 Å². The van der Waals surface area contributed by atoms with Gasteiger partial charge in [-0.15, -0.1) is 0 Å². The predicted octanol–water partition coefficient (Wildman–Crippen LogP) is 3.78. The highest BCUT2D eigenvalue weighted by molar-refractivity contribution is 9.10. The molecule has 0 aliphatic rings. The quantitative estimate of drug-likeness (QED) is 0.731. The highest BCUT2D eigenvalue weighted by Gasteiger charge is 2.07. The van der Waals surface area contributed by atoms with Crippen LogP contribution in [0.1, 0.15) is 25.6 Å². The summed E-state index contributed by atoms with van der Waals surface area (Å²) < 4.78 is 2.77. The van der Waals surface area contributed by atoms with E-state index in [-0.39, 0.29) is 0 Å². The van der Waals surface area contributed by atoms with Crippen LogP contribution >= 0.6 is 15.9 Å². The van der Waals surface area contributed by atoms with Crippen molar-refractivity contribution in [2.24, 2.45) is 0 Å². The van der Waals surface area contributed by atoms with E-state index in [1.54, 1.807) is 0 Å². The number of fused-ring (bicyclic) bond motifs is 1. The molecule has 108 valence electrons. The predicted molar refractivity (Wildman–Crippen MR) is 87.2 cm³/mol. The van der Waals surface area contributed by atoms with Crippen LogP contribution in [-0.4, -0.2) is 19.7 Å². The van der Waals surface area contributed by atoms with Crippen LogP contribution in [0.25, 0.3) is 11.0 Å². The van der Waals surface area contributed by atoms with E-state index in [1.807, 2.05) is 35.3 Å². The molecule has 3 aromatic heterocycles. The Morgan fingerprint density at radius 3 is 2.90 bits per heavy atom. The number of hydrogen-bond donors (Lipinski definition) is 1. The van der Waals surface area contributed by atoms with Gasteiger partial charge in [0.2, 0.25) is 0 Å². The molecule has 0 saturated heterocycles. The summed E-state index contributed by atoms with van der Waals surface area (Å²) in [6, 6.07) is 8.24. The fourth-order valence-electron chi connectivity index (χ4n) is 2.16. The standard InChI is InChI=1S/C15H16BrN5/c1-10(2)21-15-11(7-19-21)6-13(9-18-15)17-8-12-4-3-5-14(16)20-12/h3-7,9-10,17H,8H2,1-2H3. The summed E-state index contributed by atoms with van der Waals surface area (Å²) in [5.74, 6) is 0. The first-order chi connectivity index (χ1) is 10.1. The normalized spacial score (nSPS) is 11.2. The Balaban J connectivity index is 1.79. The van der Waals surface area contributed by atoms with Gasteiger partial charge in [0.1, 0.15) is 4.60 Å². The number of aromatic nitrogens is 4. The SMILES string of the molecule is CC(C)n1ncc2cc(NCc3cccc(Br)n3)cnc21. The van der Waals surface area contributed by atoms with Crippen molar-refractivity contribution in [1.29, 1.82) is 0 Å². The maximum atomic E-state index is 4.50. The Bertz CT molecular complexity index is 766. The van der Waals surface area contributed by atoms with Crippen molar-refractivity contribution in [2.45, 2.75) is 26.4 Å². The van der Waals surface area contributed by atoms with Gasteiger partial charge in [-0.25, -0.2) is 14.6 Å². The van der Waals surface area contributed by atoms with Crippen LogP contribution in [0.2, 0.25) is 0 Å². The van der Waals surface area contributed by atoms with Crippen LogP contribution in [0, 0.1) is 0 Å². The van der Waals surface area contributed by atoms with Crippen LogP contribution < -0.4 is 5.32 Å². The lowest BCUT2D eigenvalue weighted by molar-refractivity contribution is 0.546. The van der Waals surface area contributed by atoms with Gasteiger partial charge in [-0.1, -0.05) is 6.07 Å². The zero-order chi connectivity index (χ0) is 14.8. The Hall–Kier alpha value is -1.95. The van der Waals surface area contributed by atoms with E-state index in [1.165, 1.54) is 0 Å². The summed E-state index contributed by atoms with van der Waals surface area (Å²) >= 11 is 3.37. The van der Waals surface area contributed by atoms with Crippen molar-refractivity contribution in [3.8, 4) is 0 Å². The van der Waals surface area contributed by atoms with Gasteiger partial charge in [0.15, 0.2) is 5.65 Å². The highest BCUT2D eigenvalue weighted by atomic mass is 79.9.